The molecular weight excluding hydrogens is 564 g/mol. The highest BCUT2D eigenvalue weighted by molar-refractivity contribution is 9.10. The van der Waals surface area contributed by atoms with E-state index in [0.29, 0.717) is 11.3 Å². The molecule has 0 fully saturated rings. The largest absolute Gasteiger partial charge is 0.306 e. The summed E-state index contributed by atoms with van der Waals surface area (Å²) in [6, 6.07) is 29.9. The van der Waals surface area contributed by atoms with E-state index >= 15 is 0 Å². The van der Waals surface area contributed by atoms with Crippen LogP contribution in [0.3, 0.4) is 0 Å². The lowest BCUT2D eigenvalue weighted by atomic mass is 9.88. The van der Waals surface area contributed by atoms with Gasteiger partial charge in [0.05, 0.1) is 11.4 Å². The zero-order valence-corrected chi connectivity index (χ0v) is 22.9. The predicted octanol–water partition coefficient (Wildman–Crippen LogP) is 5.36. The first-order valence-corrected chi connectivity index (χ1v) is 14.3. The van der Waals surface area contributed by atoms with Crippen LogP contribution in [-0.4, -0.2) is 26.2 Å². The first kappa shape index (κ1) is 26.0. The van der Waals surface area contributed by atoms with Gasteiger partial charge in [-0.15, -0.1) is 0 Å². The summed E-state index contributed by atoms with van der Waals surface area (Å²) in [5.74, 6) is -0.952. The number of anilines is 1. The second-order valence-corrected chi connectivity index (χ2v) is 12.2. The van der Waals surface area contributed by atoms with Crippen molar-refractivity contribution < 1.29 is 18.0 Å². The number of Topliss-reactive ketones (excluding diaryl/α,β-unsaturated/α-hetero) is 1. The number of sulfonamides is 1. The molecule has 8 heteroatoms. The summed E-state index contributed by atoms with van der Waals surface area (Å²) in [5, 5.41) is 0. The molecule has 1 aliphatic heterocycles. The van der Waals surface area contributed by atoms with E-state index in [4.69, 9.17) is 0 Å². The fourth-order valence-electron chi connectivity index (χ4n) is 4.66. The number of hydrogen-bond acceptors (Lipinski definition) is 4. The molecule has 1 heterocycles. The number of nitrogens with one attached hydrogen (secondary N) is 1. The molecule has 6 nitrogen and oxygen atoms in total. The van der Waals surface area contributed by atoms with Gasteiger partial charge in [-0.1, -0.05) is 112 Å². The number of benzene rings is 4. The van der Waals surface area contributed by atoms with E-state index in [2.05, 4.69) is 20.7 Å². The van der Waals surface area contributed by atoms with E-state index in [0.717, 1.165) is 11.1 Å². The number of aryl methyl sites for hydroxylation is 1. The Morgan fingerprint density at radius 3 is 2.11 bits per heavy atom. The topological polar surface area (TPSA) is 83.5 Å². The average molecular weight is 590 g/mol. The van der Waals surface area contributed by atoms with Crippen LogP contribution in [0, 0.1) is 6.92 Å². The Kier molecular flexibility index (Phi) is 7.05. The predicted molar refractivity (Wildman–Crippen MR) is 151 cm³/mol. The second-order valence-electron chi connectivity index (χ2n) is 9.20. The summed E-state index contributed by atoms with van der Waals surface area (Å²) in [6.45, 7) is 2.12. The minimum Gasteiger partial charge on any atom is -0.306 e. The van der Waals surface area contributed by atoms with Gasteiger partial charge in [0, 0.05) is 16.8 Å². The normalized spacial score (nSPS) is 17.7. The van der Waals surface area contributed by atoms with Crippen LogP contribution in [0.2, 0.25) is 0 Å². The minimum atomic E-state index is -4.18. The number of hydrogen-bond donors (Lipinski definition) is 1. The Morgan fingerprint density at radius 2 is 1.45 bits per heavy atom. The maximum Gasteiger partial charge on any atom is 0.250 e. The van der Waals surface area contributed by atoms with E-state index in [1.54, 1.807) is 65.6 Å². The summed E-state index contributed by atoms with van der Waals surface area (Å²) in [4.78, 5) is 29.8. The smallest absolute Gasteiger partial charge is 0.250 e. The van der Waals surface area contributed by atoms with Crippen LogP contribution < -0.4 is 9.62 Å². The molecular formula is C30H25BrN2O4S. The van der Waals surface area contributed by atoms with Crippen molar-refractivity contribution in [1.29, 1.82) is 0 Å². The number of carbonyl (C=O) groups excluding carboxylic acids is 2. The third-order valence-electron chi connectivity index (χ3n) is 6.65. The van der Waals surface area contributed by atoms with Gasteiger partial charge in [0.15, 0.2) is 10.1 Å². The summed E-state index contributed by atoms with van der Waals surface area (Å²) in [7, 11) is -4.18. The maximum absolute atomic E-state index is 14.2. The van der Waals surface area contributed by atoms with Crippen LogP contribution in [0.1, 0.15) is 27.0 Å². The zero-order valence-electron chi connectivity index (χ0n) is 20.5. The molecule has 0 saturated carbocycles. The third kappa shape index (κ3) is 4.71. The van der Waals surface area contributed by atoms with Crippen molar-refractivity contribution in [2.24, 2.45) is 0 Å². The molecule has 1 N–H and O–H groups in total. The number of fused-ring (bicyclic) bond motifs is 1. The van der Waals surface area contributed by atoms with Gasteiger partial charge in [-0.05, 0) is 30.7 Å². The lowest BCUT2D eigenvalue weighted by molar-refractivity contribution is -0.120. The fourth-order valence-corrected chi connectivity index (χ4v) is 6.91. The molecule has 0 saturated heterocycles. The first-order chi connectivity index (χ1) is 18.2. The molecule has 2 atom stereocenters. The van der Waals surface area contributed by atoms with Crippen LogP contribution in [0.15, 0.2) is 114 Å². The molecule has 0 bridgehead atoms. The molecule has 0 radical (unpaired) electrons. The molecule has 0 unspecified atom stereocenters. The molecule has 0 spiro atoms. The van der Waals surface area contributed by atoms with Crippen LogP contribution in [-0.2, 0) is 25.7 Å². The molecule has 38 heavy (non-hydrogen) atoms. The van der Waals surface area contributed by atoms with Crippen molar-refractivity contribution in [2.75, 3.05) is 4.90 Å². The second kappa shape index (κ2) is 10.3. The maximum atomic E-state index is 14.2. The molecule has 4 aromatic rings. The number of nitrogens with zero attached hydrogens (tertiary/aromatic N) is 1. The number of amides is 1. The SMILES string of the molecule is Cc1ccc(S(=O)(=O)N[C@H](C(=O)c2ccccc2)[C@@]2(Br)C(=O)N(Cc3ccccc3)c3ccccc32)cc1. The lowest BCUT2D eigenvalue weighted by Crippen LogP contribution is -2.56. The Labute approximate surface area is 230 Å². The van der Waals surface area contributed by atoms with Gasteiger partial charge >= 0.3 is 0 Å². The number of para-hydroxylation sites is 1. The van der Waals surface area contributed by atoms with Crippen molar-refractivity contribution in [1.82, 2.24) is 4.72 Å². The molecule has 1 aliphatic rings. The number of ketones is 1. The van der Waals surface area contributed by atoms with Gasteiger partial charge in [-0.2, -0.15) is 4.72 Å². The van der Waals surface area contributed by atoms with Gasteiger partial charge in [-0.3, -0.25) is 9.59 Å². The van der Waals surface area contributed by atoms with E-state index in [9.17, 15) is 18.0 Å². The lowest BCUT2D eigenvalue weighted by Gasteiger charge is -2.31. The van der Waals surface area contributed by atoms with E-state index < -0.39 is 32.1 Å². The minimum absolute atomic E-state index is 0.00457. The van der Waals surface area contributed by atoms with Crippen molar-refractivity contribution in [3.63, 3.8) is 0 Å². The monoisotopic (exact) mass is 588 g/mol. The van der Waals surface area contributed by atoms with Crippen LogP contribution in [0.5, 0.6) is 0 Å². The zero-order chi connectivity index (χ0) is 26.9. The van der Waals surface area contributed by atoms with Crippen molar-refractivity contribution in [2.45, 2.75) is 28.7 Å². The van der Waals surface area contributed by atoms with Gasteiger partial charge in [0.1, 0.15) is 6.04 Å². The van der Waals surface area contributed by atoms with Crippen molar-refractivity contribution in [3.8, 4) is 0 Å². The highest BCUT2D eigenvalue weighted by atomic mass is 79.9. The van der Waals surface area contributed by atoms with Crippen LogP contribution >= 0.6 is 15.9 Å². The molecule has 5 rings (SSSR count). The first-order valence-electron chi connectivity index (χ1n) is 12.0. The van der Waals surface area contributed by atoms with Crippen LogP contribution in [0.25, 0.3) is 0 Å². The summed E-state index contributed by atoms with van der Waals surface area (Å²) >= 11 is 3.63. The Bertz CT molecular complexity index is 1590. The molecule has 0 aromatic heterocycles. The Balaban J connectivity index is 1.63. The van der Waals surface area contributed by atoms with E-state index in [-0.39, 0.29) is 17.0 Å². The number of halogens is 1. The van der Waals surface area contributed by atoms with Gasteiger partial charge in [-0.25, -0.2) is 8.42 Å². The molecule has 192 valence electrons. The Hall–Kier alpha value is -3.59. The van der Waals surface area contributed by atoms with Crippen molar-refractivity contribution >= 4 is 43.3 Å². The van der Waals surface area contributed by atoms with Gasteiger partial charge in [0.25, 0.3) is 5.91 Å². The third-order valence-corrected chi connectivity index (χ3v) is 9.31. The molecule has 1 amide bonds. The van der Waals surface area contributed by atoms with E-state index in [1.165, 1.54) is 12.1 Å². The number of alkyl halides is 1. The average Bonchev–Trinajstić information content (AvgIpc) is 3.15. The van der Waals surface area contributed by atoms with Gasteiger partial charge < -0.3 is 4.90 Å². The Morgan fingerprint density at radius 1 is 0.868 bits per heavy atom. The molecule has 4 aromatic carbocycles. The van der Waals surface area contributed by atoms with Crippen molar-refractivity contribution in [3.05, 3.63) is 131 Å². The highest BCUT2D eigenvalue weighted by Crippen LogP contribution is 2.49. The van der Waals surface area contributed by atoms with Gasteiger partial charge in [0.2, 0.25) is 10.0 Å². The number of rotatable bonds is 8. The highest BCUT2D eigenvalue weighted by Gasteiger charge is 2.57. The molecule has 0 aliphatic carbocycles. The summed E-state index contributed by atoms with van der Waals surface area (Å²) < 4.78 is 28.1. The quantitative estimate of drug-likeness (QED) is 0.222. The fraction of sp³-hybridized carbons (Fsp3) is 0.133. The summed E-state index contributed by atoms with van der Waals surface area (Å²) in [6.07, 6.45) is 0. The number of carbonyl (C=O) groups is 2. The van der Waals surface area contributed by atoms with Crippen LogP contribution in [0.4, 0.5) is 5.69 Å². The summed E-state index contributed by atoms with van der Waals surface area (Å²) in [5.41, 5.74) is 3.21. The van der Waals surface area contributed by atoms with E-state index in [1.807, 2.05) is 43.3 Å². The standard InChI is InChI=1S/C30H25BrN2O4S/c1-21-16-18-24(19-17-21)38(36,37)32-28(27(34)23-12-6-3-7-13-23)30(31)25-14-8-9-15-26(25)33(29(30)35)20-22-10-4-2-5-11-22/h2-19,28,32H,20H2,1H3/t28-,30-/m1/s1.